The molecule has 5 nitrogen and oxygen atoms in total. The smallest absolute Gasteiger partial charge is 0.326 e. The van der Waals surface area contributed by atoms with Crippen LogP contribution in [0, 0.1) is 0 Å². The molecule has 0 aliphatic carbocycles. The first-order valence-corrected chi connectivity index (χ1v) is 7.00. The Hall–Kier alpha value is -0.650. The summed E-state index contributed by atoms with van der Waals surface area (Å²) in [6.45, 7) is 10.8. The van der Waals surface area contributed by atoms with Gasteiger partial charge < -0.3 is 14.8 Å². The van der Waals surface area contributed by atoms with Gasteiger partial charge >= 0.3 is 5.97 Å². The van der Waals surface area contributed by atoms with Gasteiger partial charge in [-0.1, -0.05) is 0 Å². The van der Waals surface area contributed by atoms with E-state index >= 15 is 0 Å². The number of nitrogens with zero attached hydrogens (tertiary/aromatic N) is 1. The molecule has 114 valence electrons. The molecule has 0 saturated heterocycles. The zero-order valence-electron chi connectivity index (χ0n) is 13.3. The summed E-state index contributed by atoms with van der Waals surface area (Å²) in [5.74, 6) is -0.187. The van der Waals surface area contributed by atoms with E-state index in [4.69, 9.17) is 9.47 Å². The average molecular weight is 274 g/mol. The lowest BCUT2D eigenvalue weighted by Crippen LogP contribution is -2.51. The summed E-state index contributed by atoms with van der Waals surface area (Å²) in [6.07, 6.45) is 0.713. The second-order valence-electron chi connectivity index (χ2n) is 5.18. The summed E-state index contributed by atoms with van der Waals surface area (Å²) >= 11 is 0. The Morgan fingerprint density at radius 2 is 2.00 bits per heavy atom. The molecule has 0 amide bonds. The van der Waals surface area contributed by atoms with Gasteiger partial charge in [-0.15, -0.1) is 0 Å². The highest BCUT2D eigenvalue weighted by Crippen LogP contribution is 2.14. The number of nitrogens with one attached hydrogen (secondary N) is 1. The Labute approximate surface area is 117 Å². The highest BCUT2D eigenvalue weighted by atomic mass is 16.5. The lowest BCUT2D eigenvalue weighted by Gasteiger charge is -2.32. The van der Waals surface area contributed by atoms with E-state index in [2.05, 4.69) is 24.1 Å². The van der Waals surface area contributed by atoms with Crippen molar-refractivity contribution < 1.29 is 14.3 Å². The van der Waals surface area contributed by atoms with Crippen LogP contribution in [0.1, 0.15) is 34.1 Å². The number of hydrogen-bond donors (Lipinski definition) is 1. The molecule has 19 heavy (non-hydrogen) atoms. The molecule has 0 aromatic rings. The molecule has 1 atom stereocenters. The minimum Gasteiger partial charge on any atom is -0.465 e. The lowest BCUT2D eigenvalue weighted by atomic mass is 9.97. The highest BCUT2D eigenvalue weighted by molar-refractivity contribution is 5.80. The Kier molecular flexibility index (Phi) is 8.97. The first-order chi connectivity index (χ1) is 8.91. The predicted octanol–water partition coefficient (Wildman–Crippen LogP) is 1.27. The molecule has 0 fully saturated rings. The Balaban J connectivity index is 4.47. The van der Waals surface area contributed by atoms with Gasteiger partial charge in [0.1, 0.15) is 5.54 Å². The van der Waals surface area contributed by atoms with Crippen LogP contribution >= 0.6 is 0 Å². The molecular weight excluding hydrogens is 244 g/mol. The van der Waals surface area contributed by atoms with Crippen LogP contribution < -0.4 is 5.32 Å². The van der Waals surface area contributed by atoms with Gasteiger partial charge in [-0.2, -0.15) is 0 Å². The summed E-state index contributed by atoms with van der Waals surface area (Å²) in [5, 5.41) is 3.08. The molecule has 5 heteroatoms. The number of methoxy groups -OCH3 is 1. The second kappa shape index (κ2) is 9.28. The van der Waals surface area contributed by atoms with Crippen LogP contribution in [0.2, 0.25) is 0 Å². The van der Waals surface area contributed by atoms with Crippen molar-refractivity contribution in [1.82, 2.24) is 10.2 Å². The number of carbonyl (C=O) groups is 1. The standard InChI is InChI=1S/C14H30N2O3/c1-7-19-13(17)14(4,15-5)8-9-16(12(2)3)10-11-18-6/h12,15H,7-11H2,1-6H3. The third-order valence-electron chi connectivity index (χ3n) is 3.49. The summed E-state index contributed by atoms with van der Waals surface area (Å²) in [7, 11) is 3.50. The third-order valence-corrected chi connectivity index (χ3v) is 3.49. The van der Waals surface area contributed by atoms with E-state index < -0.39 is 5.54 Å². The van der Waals surface area contributed by atoms with E-state index in [1.54, 1.807) is 14.2 Å². The fourth-order valence-corrected chi connectivity index (χ4v) is 1.82. The Morgan fingerprint density at radius 1 is 1.37 bits per heavy atom. The molecule has 0 aromatic carbocycles. The molecule has 0 radical (unpaired) electrons. The van der Waals surface area contributed by atoms with Crippen LogP contribution in [0.15, 0.2) is 0 Å². The lowest BCUT2D eigenvalue weighted by molar-refractivity contribution is -0.150. The molecule has 1 unspecified atom stereocenters. The van der Waals surface area contributed by atoms with Gasteiger partial charge in [-0.25, -0.2) is 0 Å². The predicted molar refractivity (Wildman–Crippen MR) is 77.3 cm³/mol. The average Bonchev–Trinajstić information content (AvgIpc) is 2.38. The summed E-state index contributed by atoms with van der Waals surface area (Å²) in [5.41, 5.74) is -0.629. The zero-order chi connectivity index (χ0) is 14.9. The van der Waals surface area contributed by atoms with E-state index in [1.807, 2.05) is 13.8 Å². The Bertz CT molecular complexity index is 259. The van der Waals surface area contributed by atoms with Gasteiger partial charge in [0.15, 0.2) is 0 Å². The quantitative estimate of drug-likeness (QED) is 0.608. The van der Waals surface area contributed by atoms with Crippen molar-refractivity contribution in [2.45, 2.75) is 45.7 Å². The molecule has 0 bridgehead atoms. The number of likely N-dealkylation sites (N-methyl/N-ethyl adjacent to an activating group) is 1. The topological polar surface area (TPSA) is 50.8 Å². The maximum absolute atomic E-state index is 12.0. The fraction of sp³-hybridized carbons (Fsp3) is 0.929. The zero-order valence-corrected chi connectivity index (χ0v) is 13.3. The minimum atomic E-state index is -0.629. The van der Waals surface area contributed by atoms with Gasteiger partial charge in [-0.3, -0.25) is 9.69 Å². The largest absolute Gasteiger partial charge is 0.465 e. The monoisotopic (exact) mass is 274 g/mol. The van der Waals surface area contributed by atoms with Gasteiger partial charge in [0.05, 0.1) is 13.2 Å². The van der Waals surface area contributed by atoms with Gasteiger partial charge in [0.2, 0.25) is 0 Å². The van der Waals surface area contributed by atoms with Crippen LogP contribution in [0.3, 0.4) is 0 Å². The maximum Gasteiger partial charge on any atom is 0.326 e. The van der Waals surface area contributed by atoms with E-state index in [9.17, 15) is 4.79 Å². The van der Waals surface area contributed by atoms with Crippen LogP contribution in [0.25, 0.3) is 0 Å². The van der Waals surface area contributed by atoms with Crippen molar-refractivity contribution in [2.24, 2.45) is 0 Å². The van der Waals surface area contributed by atoms with E-state index in [1.165, 1.54) is 0 Å². The first kappa shape index (κ1) is 18.4. The summed E-state index contributed by atoms with van der Waals surface area (Å²) in [6, 6.07) is 0.429. The molecule has 0 heterocycles. The van der Waals surface area contributed by atoms with Crippen LogP contribution in [0.4, 0.5) is 0 Å². The van der Waals surface area contributed by atoms with Crippen molar-refractivity contribution in [3.05, 3.63) is 0 Å². The molecular formula is C14H30N2O3. The number of hydrogen-bond acceptors (Lipinski definition) is 5. The SMILES string of the molecule is CCOC(=O)C(C)(CCN(CCOC)C(C)C)NC. The van der Waals surface area contributed by atoms with Crippen molar-refractivity contribution >= 4 is 5.97 Å². The molecule has 1 N–H and O–H groups in total. The van der Waals surface area contributed by atoms with Crippen molar-refractivity contribution in [2.75, 3.05) is 40.5 Å². The number of esters is 1. The molecule has 0 rings (SSSR count). The number of carbonyl (C=O) groups excluding carboxylic acids is 1. The van der Waals surface area contributed by atoms with Gasteiger partial charge in [-0.05, 0) is 41.2 Å². The van der Waals surface area contributed by atoms with Gasteiger partial charge in [0.25, 0.3) is 0 Å². The van der Waals surface area contributed by atoms with Crippen LogP contribution in [-0.4, -0.2) is 62.9 Å². The third kappa shape index (κ3) is 6.36. The van der Waals surface area contributed by atoms with Crippen molar-refractivity contribution in [3.8, 4) is 0 Å². The van der Waals surface area contributed by atoms with Crippen molar-refractivity contribution in [1.29, 1.82) is 0 Å². The highest BCUT2D eigenvalue weighted by Gasteiger charge is 2.33. The second-order valence-corrected chi connectivity index (χ2v) is 5.18. The van der Waals surface area contributed by atoms with E-state index in [0.717, 1.165) is 13.1 Å². The van der Waals surface area contributed by atoms with Crippen LogP contribution in [0.5, 0.6) is 0 Å². The number of ether oxygens (including phenoxy) is 2. The van der Waals surface area contributed by atoms with Crippen molar-refractivity contribution in [3.63, 3.8) is 0 Å². The molecule has 0 saturated carbocycles. The fourth-order valence-electron chi connectivity index (χ4n) is 1.82. The minimum absolute atomic E-state index is 0.187. The van der Waals surface area contributed by atoms with E-state index in [-0.39, 0.29) is 5.97 Å². The maximum atomic E-state index is 12.0. The van der Waals surface area contributed by atoms with Gasteiger partial charge in [0, 0.05) is 26.2 Å². The number of rotatable bonds is 10. The summed E-state index contributed by atoms with van der Waals surface area (Å²) < 4.78 is 10.2. The molecule has 0 aliphatic heterocycles. The Morgan fingerprint density at radius 3 is 2.42 bits per heavy atom. The molecule has 0 aromatic heterocycles. The normalized spacial score (nSPS) is 14.7. The first-order valence-electron chi connectivity index (χ1n) is 7.00. The summed E-state index contributed by atoms with van der Waals surface area (Å²) in [4.78, 5) is 14.3. The van der Waals surface area contributed by atoms with E-state index in [0.29, 0.717) is 25.7 Å². The molecule has 0 aliphatic rings. The molecule has 0 spiro atoms. The van der Waals surface area contributed by atoms with Crippen LogP contribution in [-0.2, 0) is 14.3 Å².